The van der Waals surface area contributed by atoms with E-state index in [2.05, 4.69) is 15.2 Å². The number of halogens is 2. The molecule has 3 rings (SSSR count). The largest absolute Gasteiger partial charge is 0.263 e. The van der Waals surface area contributed by atoms with Crippen LogP contribution in [0.2, 0.25) is 0 Å². The lowest BCUT2D eigenvalue weighted by Gasteiger charge is -1.99. The summed E-state index contributed by atoms with van der Waals surface area (Å²) in [7, 11) is 0. The lowest BCUT2D eigenvalue weighted by molar-refractivity contribution is 0.573. The summed E-state index contributed by atoms with van der Waals surface area (Å²) >= 11 is 0. The Morgan fingerprint density at radius 1 is 1.29 bits per heavy atom. The van der Waals surface area contributed by atoms with Crippen molar-refractivity contribution in [3.05, 3.63) is 47.0 Å². The molecule has 5 heteroatoms. The monoisotopic (exact) mass is 235 g/mol. The van der Waals surface area contributed by atoms with E-state index in [0.29, 0.717) is 23.7 Å². The smallest absolute Gasteiger partial charge is 0.153 e. The molecular weight excluding hydrogens is 224 g/mol. The van der Waals surface area contributed by atoms with Crippen molar-refractivity contribution in [3.63, 3.8) is 0 Å². The quantitative estimate of drug-likeness (QED) is 0.888. The van der Waals surface area contributed by atoms with Crippen LogP contribution in [0.4, 0.5) is 8.78 Å². The summed E-state index contributed by atoms with van der Waals surface area (Å²) < 4.78 is 26.1. The van der Waals surface area contributed by atoms with Crippen molar-refractivity contribution in [1.82, 2.24) is 15.2 Å². The lowest BCUT2D eigenvalue weighted by Crippen LogP contribution is -1.95. The van der Waals surface area contributed by atoms with Crippen molar-refractivity contribution in [3.8, 4) is 0 Å². The van der Waals surface area contributed by atoms with Crippen LogP contribution in [0.5, 0.6) is 0 Å². The predicted molar refractivity (Wildman–Crippen MR) is 57.5 cm³/mol. The molecule has 17 heavy (non-hydrogen) atoms. The molecule has 0 atom stereocenters. The summed E-state index contributed by atoms with van der Waals surface area (Å²) in [6, 6.07) is 3.56. The third-order valence-corrected chi connectivity index (χ3v) is 2.86. The summed E-state index contributed by atoms with van der Waals surface area (Å²) in [5, 5.41) is 6.88. The van der Waals surface area contributed by atoms with Gasteiger partial charge in [-0.3, -0.25) is 5.10 Å². The second-order valence-electron chi connectivity index (χ2n) is 4.33. The van der Waals surface area contributed by atoms with Gasteiger partial charge >= 0.3 is 0 Å². The van der Waals surface area contributed by atoms with Crippen LogP contribution in [0.15, 0.2) is 18.2 Å². The lowest BCUT2D eigenvalue weighted by atomic mass is 10.1. The number of aromatic amines is 1. The Bertz CT molecular complexity index is 546. The standard InChI is InChI=1S/C12H11F2N3/c13-9-4-3-8(10(14)6-9)5-11-15-12(17-16-11)7-1-2-7/h3-4,6-7H,1-2,5H2,(H,15,16,17). The van der Waals surface area contributed by atoms with Gasteiger partial charge in [0.25, 0.3) is 0 Å². The van der Waals surface area contributed by atoms with Gasteiger partial charge in [-0.2, -0.15) is 5.10 Å². The van der Waals surface area contributed by atoms with Crippen LogP contribution in [0.1, 0.15) is 36.0 Å². The van der Waals surface area contributed by atoms with E-state index in [4.69, 9.17) is 0 Å². The summed E-state index contributed by atoms with van der Waals surface area (Å²) in [6.45, 7) is 0. The van der Waals surface area contributed by atoms with Gasteiger partial charge in [-0.15, -0.1) is 0 Å². The van der Waals surface area contributed by atoms with Crippen LogP contribution in [0.25, 0.3) is 0 Å². The molecule has 0 spiro atoms. The first-order valence-electron chi connectivity index (χ1n) is 5.57. The van der Waals surface area contributed by atoms with Gasteiger partial charge in [-0.05, 0) is 24.5 Å². The van der Waals surface area contributed by atoms with Crippen molar-refractivity contribution < 1.29 is 8.78 Å². The number of nitrogens with one attached hydrogen (secondary N) is 1. The molecule has 88 valence electrons. The second kappa shape index (κ2) is 3.91. The van der Waals surface area contributed by atoms with Gasteiger partial charge in [0.1, 0.15) is 17.5 Å². The molecule has 0 aliphatic heterocycles. The molecule has 1 aromatic carbocycles. The maximum atomic E-state index is 13.4. The second-order valence-corrected chi connectivity index (χ2v) is 4.33. The average molecular weight is 235 g/mol. The Labute approximate surface area is 96.9 Å². The zero-order valence-corrected chi connectivity index (χ0v) is 9.08. The van der Waals surface area contributed by atoms with Crippen molar-refractivity contribution in [1.29, 1.82) is 0 Å². The minimum absolute atomic E-state index is 0.311. The Morgan fingerprint density at radius 2 is 2.12 bits per heavy atom. The molecule has 1 aliphatic rings. The zero-order chi connectivity index (χ0) is 11.8. The molecule has 0 radical (unpaired) electrons. The first-order chi connectivity index (χ1) is 8.22. The highest BCUT2D eigenvalue weighted by Gasteiger charge is 2.27. The number of aromatic nitrogens is 3. The van der Waals surface area contributed by atoms with Gasteiger partial charge in [-0.1, -0.05) is 6.07 Å². The SMILES string of the molecule is Fc1ccc(Cc2nc(C3CC3)n[nH]2)c(F)c1. The fourth-order valence-corrected chi connectivity index (χ4v) is 1.76. The first-order valence-corrected chi connectivity index (χ1v) is 5.57. The van der Waals surface area contributed by atoms with Gasteiger partial charge in [0, 0.05) is 18.4 Å². The van der Waals surface area contributed by atoms with Crippen LogP contribution in [-0.4, -0.2) is 15.2 Å². The third-order valence-electron chi connectivity index (χ3n) is 2.86. The Morgan fingerprint density at radius 3 is 2.82 bits per heavy atom. The van der Waals surface area contributed by atoms with E-state index in [1.807, 2.05) is 0 Å². The fourth-order valence-electron chi connectivity index (χ4n) is 1.76. The molecule has 1 aliphatic carbocycles. The molecule has 1 aromatic heterocycles. The molecule has 0 unspecified atom stereocenters. The normalized spacial score (nSPS) is 15.2. The van der Waals surface area contributed by atoms with E-state index < -0.39 is 11.6 Å². The molecule has 1 heterocycles. The molecule has 1 saturated carbocycles. The van der Waals surface area contributed by atoms with Gasteiger partial charge < -0.3 is 0 Å². The van der Waals surface area contributed by atoms with Crippen LogP contribution in [-0.2, 0) is 6.42 Å². The van der Waals surface area contributed by atoms with Crippen molar-refractivity contribution in [2.24, 2.45) is 0 Å². The Balaban J connectivity index is 1.80. The third kappa shape index (κ3) is 2.18. The molecule has 2 aromatic rings. The predicted octanol–water partition coefficient (Wildman–Crippen LogP) is 2.55. The number of benzene rings is 1. The van der Waals surface area contributed by atoms with E-state index in [1.54, 1.807) is 0 Å². The molecular formula is C12H11F2N3. The van der Waals surface area contributed by atoms with E-state index in [0.717, 1.165) is 24.7 Å². The first kappa shape index (κ1) is 10.4. The maximum absolute atomic E-state index is 13.4. The van der Waals surface area contributed by atoms with Gasteiger partial charge in [0.2, 0.25) is 0 Å². The highest BCUT2D eigenvalue weighted by Crippen LogP contribution is 2.37. The van der Waals surface area contributed by atoms with Crippen LogP contribution in [0.3, 0.4) is 0 Å². The van der Waals surface area contributed by atoms with Crippen LogP contribution < -0.4 is 0 Å². The molecule has 0 bridgehead atoms. The summed E-state index contributed by atoms with van der Waals surface area (Å²) in [5.41, 5.74) is 0.421. The molecule has 1 N–H and O–H groups in total. The van der Waals surface area contributed by atoms with E-state index in [9.17, 15) is 8.78 Å². The number of hydrogen-bond donors (Lipinski definition) is 1. The maximum Gasteiger partial charge on any atom is 0.153 e. The van der Waals surface area contributed by atoms with Crippen molar-refractivity contribution in [2.45, 2.75) is 25.2 Å². The number of rotatable bonds is 3. The van der Waals surface area contributed by atoms with Gasteiger partial charge in [0.15, 0.2) is 5.82 Å². The van der Waals surface area contributed by atoms with E-state index in [-0.39, 0.29) is 0 Å². The van der Waals surface area contributed by atoms with E-state index in [1.165, 1.54) is 12.1 Å². The van der Waals surface area contributed by atoms with Crippen molar-refractivity contribution >= 4 is 0 Å². The summed E-state index contributed by atoms with van der Waals surface area (Å²) in [4.78, 5) is 4.30. The highest BCUT2D eigenvalue weighted by atomic mass is 19.1. The van der Waals surface area contributed by atoms with Gasteiger partial charge in [-0.25, -0.2) is 13.8 Å². The number of nitrogens with zero attached hydrogens (tertiary/aromatic N) is 2. The highest BCUT2D eigenvalue weighted by molar-refractivity contribution is 5.22. The number of hydrogen-bond acceptors (Lipinski definition) is 2. The topological polar surface area (TPSA) is 41.6 Å². The molecule has 1 fully saturated rings. The van der Waals surface area contributed by atoms with Crippen LogP contribution in [0, 0.1) is 11.6 Å². The van der Waals surface area contributed by atoms with Crippen molar-refractivity contribution in [2.75, 3.05) is 0 Å². The Kier molecular flexibility index (Phi) is 2.39. The van der Waals surface area contributed by atoms with Crippen LogP contribution >= 0.6 is 0 Å². The number of H-pyrrole nitrogens is 1. The minimum Gasteiger partial charge on any atom is -0.263 e. The summed E-state index contributed by atoms with van der Waals surface area (Å²) in [5.74, 6) is 0.787. The molecule has 3 nitrogen and oxygen atoms in total. The summed E-state index contributed by atoms with van der Waals surface area (Å²) in [6.07, 6.45) is 2.57. The average Bonchev–Trinajstić information content (AvgIpc) is 3.04. The molecule has 0 saturated heterocycles. The Hall–Kier alpha value is -1.78. The van der Waals surface area contributed by atoms with E-state index >= 15 is 0 Å². The zero-order valence-electron chi connectivity index (χ0n) is 9.08. The minimum atomic E-state index is -0.567. The molecule has 0 amide bonds. The fraction of sp³-hybridized carbons (Fsp3) is 0.333. The van der Waals surface area contributed by atoms with Gasteiger partial charge in [0.05, 0.1) is 0 Å².